The molecule has 25 heavy (non-hydrogen) atoms. The zero-order chi connectivity index (χ0) is 19.2. The normalized spacial score (nSPS) is 12.2. The number of nitrogens with one attached hydrogen (secondary N) is 1. The van der Waals surface area contributed by atoms with E-state index in [0.717, 1.165) is 0 Å². The van der Waals surface area contributed by atoms with E-state index in [-0.39, 0.29) is 17.0 Å². The molecule has 0 aliphatic heterocycles. The summed E-state index contributed by atoms with van der Waals surface area (Å²) in [6.45, 7) is 10.1. The Kier molecular flexibility index (Phi) is 7.11. The topological polar surface area (TPSA) is 90.9 Å². The van der Waals surface area contributed by atoms with Crippen molar-refractivity contribution in [3.8, 4) is 11.5 Å². The van der Waals surface area contributed by atoms with Gasteiger partial charge in [-0.3, -0.25) is 14.4 Å². The lowest BCUT2D eigenvalue weighted by Crippen LogP contribution is -2.39. The smallest absolute Gasteiger partial charge is 0.308 e. The molecule has 1 rings (SSSR count). The van der Waals surface area contributed by atoms with E-state index in [4.69, 9.17) is 14.2 Å². The Balaban J connectivity index is 3.21. The minimum absolute atomic E-state index is 0.190. The van der Waals surface area contributed by atoms with Gasteiger partial charge in [0.05, 0.1) is 0 Å². The molecule has 0 fully saturated rings. The summed E-state index contributed by atoms with van der Waals surface area (Å²) in [6.07, 6.45) is -0.637. The summed E-state index contributed by atoms with van der Waals surface area (Å²) in [5, 5.41) is 3.25. The molecule has 1 aromatic rings. The van der Waals surface area contributed by atoms with Crippen molar-refractivity contribution in [1.82, 2.24) is 5.32 Å². The first kappa shape index (κ1) is 20.6. The zero-order valence-corrected chi connectivity index (χ0v) is 15.5. The van der Waals surface area contributed by atoms with Crippen LogP contribution >= 0.6 is 0 Å². The van der Waals surface area contributed by atoms with Crippen LogP contribution in [0.1, 0.15) is 53.2 Å². The van der Waals surface area contributed by atoms with E-state index in [1.165, 1.54) is 26.8 Å². The Morgan fingerprint density at radius 3 is 1.76 bits per heavy atom. The Hall–Kier alpha value is -2.41. The lowest BCUT2D eigenvalue weighted by molar-refractivity contribution is -0.146. The maximum atomic E-state index is 11.5. The highest BCUT2D eigenvalue weighted by Crippen LogP contribution is 2.29. The summed E-state index contributed by atoms with van der Waals surface area (Å²) in [7, 11) is 0. The van der Waals surface area contributed by atoms with E-state index < -0.39 is 24.0 Å². The maximum Gasteiger partial charge on any atom is 0.308 e. The highest BCUT2D eigenvalue weighted by atomic mass is 16.6. The van der Waals surface area contributed by atoms with E-state index in [2.05, 4.69) is 5.32 Å². The minimum atomic E-state index is -0.637. The molecule has 0 aliphatic rings. The molecule has 0 saturated heterocycles. The molecule has 0 bridgehead atoms. The molecule has 1 aromatic carbocycles. The van der Waals surface area contributed by atoms with Gasteiger partial charge in [-0.2, -0.15) is 0 Å². The summed E-state index contributed by atoms with van der Waals surface area (Å²) < 4.78 is 15.5. The molecule has 0 radical (unpaired) electrons. The van der Waals surface area contributed by atoms with Gasteiger partial charge in [0.15, 0.2) is 0 Å². The highest BCUT2D eigenvalue weighted by molar-refractivity contribution is 5.71. The number of carbonyl (C=O) groups excluding carboxylic acids is 3. The zero-order valence-electron chi connectivity index (χ0n) is 15.5. The van der Waals surface area contributed by atoms with Gasteiger partial charge in [-0.1, -0.05) is 0 Å². The van der Waals surface area contributed by atoms with Gasteiger partial charge in [0.2, 0.25) is 0 Å². The second-order valence-corrected chi connectivity index (χ2v) is 6.65. The minimum Gasteiger partial charge on any atom is -0.456 e. The summed E-state index contributed by atoms with van der Waals surface area (Å²) in [5.74, 6) is -1.07. The first-order valence-corrected chi connectivity index (χ1v) is 7.90. The molecule has 0 spiro atoms. The molecule has 1 unspecified atom stereocenters. The number of hydrogen-bond donors (Lipinski definition) is 1. The van der Waals surface area contributed by atoms with Crippen LogP contribution in [0.3, 0.4) is 0 Å². The SMILES string of the molecule is CC(=O)Oc1cc(OC(C)=O)cc(C(CNC(C)(C)C)OC(C)=O)c1. The van der Waals surface area contributed by atoms with Crippen LogP contribution in [0.2, 0.25) is 0 Å². The first-order valence-electron chi connectivity index (χ1n) is 7.90. The average Bonchev–Trinajstić information content (AvgIpc) is 2.40. The van der Waals surface area contributed by atoms with Crippen molar-refractivity contribution >= 4 is 17.9 Å². The van der Waals surface area contributed by atoms with E-state index in [9.17, 15) is 14.4 Å². The molecule has 0 aromatic heterocycles. The van der Waals surface area contributed by atoms with Crippen LogP contribution in [-0.2, 0) is 19.1 Å². The molecular formula is C18H25NO6. The van der Waals surface area contributed by atoms with Gasteiger partial charge in [-0.05, 0) is 32.9 Å². The van der Waals surface area contributed by atoms with E-state index in [1.54, 1.807) is 12.1 Å². The maximum absolute atomic E-state index is 11.5. The second kappa shape index (κ2) is 8.62. The standard InChI is InChI=1S/C18H25NO6/c1-11(20)23-15-7-14(8-16(9-15)24-12(2)21)17(25-13(3)22)10-19-18(4,5)6/h7-9,17,19H,10H2,1-6H3. The molecular weight excluding hydrogens is 326 g/mol. The average molecular weight is 351 g/mol. The largest absolute Gasteiger partial charge is 0.456 e. The monoisotopic (exact) mass is 351 g/mol. The molecule has 7 heteroatoms. The third kappa shape index (κ3) is 8.30. The summed E-state index contributed by atoms with van der Waals surface area (Å²) in [6, 6.07) is 4.58. The predicted octanol–water partition coefficient (Wildman–Crippen LogP) is 2.53. The van der Waals surface area contributed by atoms with Crippen molar-refractivity contribution < 1.29 is 28.6 Å². The Morgan fingerprint density at radius 2 is 1.40 bits per heavy atom. The van der Waals surface area contributed by atoms with Crippen LogP contribution in [0.15, 0.2) is 18.2 Å². The number of rotatable bonds is 6. The van der Waals surface area contributed by atoms with E-state index in [0.29, 0.717) is 12.1 Å². The number of esters is 3. The van der Waals surface area contributed by atoms with Gasteiger partial charge < -0.3 is 19.5 Å². The summed E-state index contributed by atoms with van der Waals surface area (Å²) in [5.41, 5.74) is 0.354. The van der Waals surface area contributed by atoms with Crippen LogP contribution < -0.4 is 14.8 Å². The van der Waals surface area contributed by atoms with Crippen LogP contribution in [0.25, 0.3) is 0 Å². The molecule has 1 N–H and O–H groups in total. The van der Waals surface area contributed by atoms with Crippen LogP contribution in [0, 0.1) is 0 Å². The lowest BCUT2D eigenvalue weighted by atomic mass is 10.1. The van der Waals surface area contributed by atoms with Gasteiger partial charge >= 0.3 is 17.9 Å². The van der Waals surface area contributed by atoms with Gasteiger partial charge in [-0.15, -0.1) is 0 Å². The van der Waals surface area contributed by atoms with Gasteiger partial charge in [0, 0.05) is 44.5 Å². The lowest BCUT2D eigenvalue weighted by Gasteiger charge is -2.25. The molecule has 0 heterocycles. The number of carbonyl (C=O) groups is 3. The van der Waals surface area contributed by atoms with Crippen LogP contribution in [0.5, 0.6) is 11.5 Å². The quantitative estimate of drug-likeness (QED) is 0.622. The van der Waals surface area contributed by atoms with Gasteiger partial charge in [0.1, 0.15) is 17.6 Å². The van der Waals surface area contributed by atoms with Gasteiger partial charge in [0.25, 0.3) is 0 Å². The third-order valence-electron chi connectivity index (χ3n) is 2.92. The van der Waals surface area contributed by atoms with E-state index in [1.807, 2.05) is 20.8 Å². The van der Waals surface area contributed by atoms with Gasteiger partial charge in [-0.25, -0.2) is 0 Å². The van der Waals surface area contributed by atoms with Crippen molar-refractivity contribution in [2.75, 3.05) is 6.54 Å². The number of ether oxygens (including phenoxy) is 3. The van der Waals surface area contributed by atoms with Crippen molar-refractivity contribution in [1.29, 1.82) is 0 Å². The second-order valence-electron chi connectivity index (χ2n) is 6.65. The summed E-state index contributed by atoms with van der Waals surface area (Å²) >= 11 is 0. The van der Waals surface area contributed by atoms with E-state index >= 15 is 0 Å². The molecule has 138 valence electrons. The molecule has 1 atom stereocenters. The fourth-order valence-electron chi connectivity index (χ4n) is 2.06. The molecule has 0 saturated carbocycles. The fraction of sp³-hybridized carbons (Fsp3) is 0.500. The third-order valence-corrected chi connectivity index (χ3v) is 2.92. The van der Waals surface area contributed by atoms with Crippen molar-refractivity contribution in [2.45, 2.75) is 53.2 Å². The number of hydrogen-bond acceptors (Lipinski definition) is 7. The molecule has 0 aliphatic carbocycles. The fourth-order valence-corrected chi connectivity index (χ4v) is 2.06. The Bertz CT molecular complexity index is 613. The van der Waals surface area contributed by atoms with Crippen molar-refractivity contribution in [3.63, 3.8) is 0 Å². The molecule has 7 nitrogen and oxygen atoms in total. The Morgan fingerprint density at radius 1 is 0.920 bits per heavy atom. The predicted molar refractivity (Wildman–Crippen MR) is 91.3 cm³/mol. The van der Waals surface area contributed by atoms with Crippen LogP contribution in [-0.4, -0.2) is 30.0 Å². The molecule has 0 amide bonds. The first-order chi connectivity index (χ1) is 11.5. The van der Waals surface area contributed by atoms with Crippen molar-refractivity contribution in [3.05, 3.63) is 23.8 Å². The Labute approximate surface area is 147 Å². The summed E-state index contributed by atoms with van der Waals surface area (Å²) in [4.78, 5) is 33.9. The van der Waals surface area contributed by atoms with Crippen LogP contribution in [0.4, 0.5) is 0 Å². The highest BCUT2D eigenvalue weighted by Gasteiger charge is 2.21. The van der Waals surface area contributed by atoms with Crippen molar-refractivity contribution in [2.24, 2.45) is 0 Å². The number of benzene rings is 1.